The topological polar surface area (TPSA) is 64.0 Å². The van der Waals surface area contributed by atoms with Crippen LogP contribution in [0.5, 0.6) is 0 Å². The highest BCUT2D eigenvalue weighted by Crippen LogP contribution is 2.32. The second kappa shape index (κ2) is 10.4. The number of hydrogen-bond acceptors (Lipinski definition) is 4. The number of aryl methyl sites for hydroxylation is 1. The van der Waals surface area contributed by atoms with Crippen LogP contribution in [0.4, 0.5) is 31.3 Å². The summed E-state index contributed by atoms with van der Waals surface area (Å²) in [5, 5.41) is 3.60. The van der Waals surface area contributed by atoms with Crippen molar-refractivity contribution in [2.45, 2.75) is 32.2 Å². The van der Waals surface area contributed by atoms with E-state index in [2.05, 4.69) is 10.3 Å². The molecule has 0 saturated heterocycles. The van der Waals surface area contributed by atoms with Crippen LogP contribution in [0.3, 0.4) is 0 Å². The Morgan fingerprint density at radius 1 is 0.921 bits per heavy atom. The molecule has 4 rings (SSSR count). The second-order valence-electron chi connectivity index (χ2n) is 8.43. The summed E-state index contributed by atoms with van der Waals surface area (Å²) in [7, 11) is 0. The van der Waals surface area contributed by atoms with Crippen LogP contribution in [0.2, 0.25) is 0 Å². The number of carbonyl (C=O) groups excluding carboxylic acids is 1. The number of pyridine rings is 1. The fraction of sp³-hybridized carbons (Fsp3) is 0.192. The van der Waals surface area contributed by atoms with E-state index < -0.39 is 34.9 Å². The van der Waals surface area contributed by atoms with Crippen LogP contribution < -0.4 is 10.9 Å². The molecule has 0 atom stereocenters. The number of thiazole rings is 1. The van der Waals surface area contributed by atoms with Gasteiger partial charge in [0, 0.05) is 18.7 Å². The first-order valence-electron chi connectivity index (χ1n) is 11.1. The summed E-state index contributed by atoms with van der Waals surface area (Å²) >= 11 is 1.12. The Bertz CT molecular complexity index is 1520. The van der Waals surface area contributed by atoms with E-state index in [-0.39, 0.29) is 18.5 Å². The Kier molecular flexibility index (Phi) is 7.45. The lowest BCUT2D eigenvalue weighted by molar-refractivity contribution is -0.138. The molecule has 0 radical (unpaired) electrons. The van der Waals surface area contributed by atoms with Crippen LogP contribution in [0, 0.1) is 6.92 Å². The molecule has 0 aliphatic rings. The van der Waals surface area contributed by atoms with E-state index in [1.54, 1.807) is 13.0 Å². The fourth-order valence-corrected chi connectivity index (χ4v) is 4.63. The van der Waals surface area contributed by atoms with Crippen LogP contribution >= 0.6 is 11.3 Å². The highest BCUT2D eigenvalue weighted by Gasteiger charge is 2.31. The maximum atomic E-state index is 13.0. The number of carbonyl (C=O) groups is 1. The van der Waals surface area contributed by atoms with Crippen molar-refractivity contribution in [2.75, 3.05) is 5.32 Å². The number of nitrogens with zero attached hydrogens (tertiary/aromatic N) is 2. The molecule has 5 nitrogen and oxygen atoms in total. The van der Waals surface area contributed by atoms with Gasteiger partial charge in [-0.15, -0.1) is 11.3 Å². The summed E-state index contributed by atoms with van der Waals surface area (Å²) in [5.41, 5.74) is -0.555. The van der Waals surface area contributed by atoms with Gasteiger partial charge in [-0.25, -0.2) is 4.98 Å². The number of halogens is 6. The average Bonchev–Trinajstić information content (AvgIpc) is 3.18. The lowest BCUT2D eigenvalue weighted by Gasteiger charge is -2.10. The Morgan fingerprint density at radius 3 is 2.26 bits per heavy atom. The summed E-state index contributed by atoms with van der Waals surface area (Å²) in [6.07, 6.45) is -7.50. The SMILES string of the molecule is Cc1nc(Cc2cccc(C(F)(F)F)c2)sc1NC(=O)c1ccc(=O)n(Cc2ccc(C(F)(F)F)cc2)c1. The minimum Gasteiger partial charge on any atom is -0.312 e. The van der Waals surface area contributed by atoms with Gasteiger partial charge in [0.1, 0.15) is 5.00 Å². The van der Waals surface area contributed by atoms with Crippen LogP contribution in [0.1, 0.15) is 43.3 Å². The maximum absolute atomic E-state index is 13.0. The van der Waals surface area contributed by atoms with Gasteiger partial charge in [0.05, 0.1) is 33.9 Å². The molecule has 0 aliphatic heterocycles. The molecule has 2 heterocycles. The number of hydrogen-bond donors (Lipinski definition) is 1. The minimum atomic E-state index is -4.48. The van der Waals surface area contributed by atoms with Gasteiger partial charge in [0.25, 0.3) is 11.5 Å². The number of amides is 1. The second-order valence-corrected chi connectivity index (χ2v) is 9.51. The van der Waals surface area contributed by atoms with Gasteiger partial charge in [-0.1, -0.05) is 30.3 Å². The number of alkyl halides is 6. The first-order valence-corrected chi connectivity index (χ1v) is 11.9. The van der Waals surface area contributed by atoms with Crippen molar-refractivity contribution in [3.8, 4) is 0 Å². The van der Waals surface area contributed by atoms with Gasteiger partial charge in [0.2, 0.25) is 0 Å². The summed E-state index contributed by atoms with van der Waals surface area (Å²) in [6.45, 7) is 1.60. The predicted molar refractivity (Wildman–Crippen MR) is 130 cm³/mol. The van der Waals surface area contributed by atoms with Crippen LogP contribution in [0.15, 0.2) is 71.7 Å². The lowest BCUT2D eigenvalue weighted by Crippen LogP contribution is -2.22. The molecule has 2 aromatic carbocycles. The molecule has 1 amide bonds. The van der Waals surface area contributed by atoms with Crippen molar-refractivity contribution in [3.63, 3.8) is 0 Å². The van der Waals surface area contributed by atoms with Crippen LogP contribution in [0.25, 0.3) is 0 Å². The summed E-state index contributed by atoms with van der Waals surface area (Å²) in [6, 6.07) is 11.8. The Labute approximate surface area is 216 Å². The summed E-state index contributed by atoms with van der Waals surface area (Å²) in [4.78, 5) is 29.5. The van der Waals surface area contributed by atoms with Crippen molar-refractivity contribution >= 4 is 22.2 Å². The molecule has 1 N–H and O–H groups in total. The first kappa shape index (κ1) is 27.1. The van der Waals surface area contributed by atoms with Gasteiger partial charge in [-0.2, -0.15) is 26.3 Å². The number of nitrogens with one attached hydrogen (secondary N) is 1. The molecular weight excluding hydrogens is 532 g/mol. The summed E-state index contributed by atoms with van der Waals surface area (Å²) in [5.74, 6) is -0.552. The molecular formula is C26H19F6N3O2S. The van der Waals surface area contributed by atoms with Crippen molar-refractivity contribution in [3.05, 3.63) is 116 Å². The van der Waals surface area contributed by atoms with E-state index >= 15 is 0 Å². The molecule has 4 aromatic rings. The normalized spacial score (nSPS) is 12.0. The molecule has 12 heteroatoms. The lowest BCUT2D eigenvalue weighted by atomic mass is 10.1. The zero-order valence-electron chi connectivity index (χ0n) is 19.7. The number of aromatic nitrogens is 2. The van der Waals surface area contributed by atoms with Crippen molar-refractivity contribution in [1.82, 2.24) is 9.55 Å². The standard InChI is InChI=1S/C26H19F6N3O2S/c1-15-24(38-21(33-15)12-17-3-2-4-20(11-17)26(30,31)32)34-23(37)18-7-10-22(36)35(14-18)13-16-5-8-19(9-6-16)25(27,28)29/h2-11,14H,12-13H2,1H3,(H,34,37). The molecule has 0 saturated carbocycles. The fourth-order valence-electron chi connectivity index (χ4n) is 3.64. The molecule has 38 heavy (non-hydrogen) atoms. The Hall–Kier alpha value is -3.93. The summed E-state index contributed by atoms with van der Waals surface area (Å²) < 4.78 is 78.5. The third-order valence-corrected chi connectivity index (χ3v) is 6.63. The zero-order valence-corrected chi connectivity index (χ0v) is 20.5. The van der Waals surface area contributed by atoms with E-state index in [1.165, 1.54) is 41.1 Å². The Morgan fingerprint density at radius 2 is 1.61 bits per heavy atom. The third-order valence-electron chi connectivity index (χ3n) is 5.56. The quantitative estimate of drug-likeness (QED) is 0.277. The monoisotopic (exact) mass is 551 g/mol. The molecule has 0 bridgehead atoms. The maximum Gasteiger partial charge on any atom is 0.416 e. The van der Waals surface area contributed by atoms with Crippen molar-refractivity contribution in [1.29, 1.82) is 0 Å². The van der Waals surface area contributed by atoms with E-state index in [0.717, 1.165) is 35.6 Å². The molecule has 0 spiro atoms. The predicted octanol–water partition coefficient (Wildman–Crippen LogP) is 6.54. The van der Waals surface area contributed by atoms with E-state index in [0.29, 0.717) is 26.8 Å². The largest absolute Gasteiger partial charge is 0.416 e. The number of rotatable bonds is 6. The number of anilines is 1. The molecule has 0 aliphatic carbocycles. The van der Waals surface area contributed by atoms with Crippen LogP contribution in [-0.2, 0) is 25.3 Å². The van der Waals surface area contributed by atoms with E-state index in [9.17, 15) is 35.9 Å². The van der Waals surface area contributed by atoms with Crippen molar-refractivity contribution in [2.24, 2.45) is 0 Å². The van der Waals surface area contributed by atoms with Gasteiger partial charge in [-0.3, -0.25) is 9.59 Å². The Balaban J connectivity index is 1.48. The molecule has 2 aromatic heterocycles. The minimum absolute atomic E-state index is 0.0428. The zero-order chi connectivity index (χ0) is 27.7. The molecule has 0 fully saturated rings. The van der Waals surface area contributed by atoms with Gasteiger partial charge < -0.3 is 9.88 Å². The third kappa shape index (κ3) is 6.49. The van der Waals surface area contributed by atoms with Crippen LogP contribution in [-0.4, -0.2) is 15.5 Å². The van der Waals surface area contributed by atoms with Gasteiger partial charge >= 0.3 is 12.4 Å². The van der Waals surface area contributed by atoms with Crippen molar-refractivity contribution < 1.29 is 31.1 Å². The van der Waals surface area contributed by atoms with E-state index in [1.807, 2.05) is 0 Å². The van der Waals surface area contributed by atoms with Gasteiger partial charge in [0.15, 0.2) is 0 Å². The highest BCUT2D eigenvalue weighted by molar-refractivity contribution is 7.16. The average molecular weight is 552 g/mol. The highest BCUT2D eigenvalue weighted by atomic mass is 32.1. The molecule has 0 unspecified atom stereocenters. The first-order chi connectivity index (χ1) is 17.8. The van der Waals surface area contributed by atoms with Gasteiger partial charge in [-0.05, 0) is 42.3 Å². The number of benzene rings is 2. The molecule has 198 valence electrons. The van der Waals surface area contributed by atoms with E-state index in [4.69, 9.17) is 0 Å². The smallest absolute Gasteiger partial charge is 0.312 e.